The molecule has 0 atom stereocenters. The predicted molar refractivity (Wildman–Crippen MR) is 199 cm³/mol. The number of unbranched alkanes of at least 4 members (excludes halogenated alkanes) is 5. The van der Waals surface area contributed by atoms with E-state index in [2.05, 4.69) is 19.9 Å². The van der Waals surface area contributed by atoms with Crippen molar-refractivity contribution in [1.82, 2.24) is 9.66 Å². The van der Waals surface area contributed by atoms with Gasteiger partial charge < -0.3 is 10.2 Å². The highest BCUT2D eigenvalue weighted by Gasteiger charge is 2.17. The summed E-state index contributed by atoms with van der Waals surface area (Å²) < 4.78 is 51.6. The van der Waals surface area contributed by atoms with Crippen LogP contribution in [-0.2, 0) is 20.0 Å². The fourth-order valence-corrected chi connectivity index (χ4v) is 6.99. The van der Waals surface area contributed by atoms with Crippen LogP contribution in [0.25, 0.3) is 0 Å². The van der Waals surface area contributed by atoms with E-state index >= 15 is 0 Å². The number of nitrogens with zero attached hydrogens (tertiary/aromatic N) is 2. The van der Waals surface area contributed by atoms with Gasteiger partial charge in [0.1, 0.15) is 11.5 Å². The Morgan fingerprint density at radius 1 is 0.500 bits per heavy atom. The number of aryl methyl sites for hydroxylation is 4. The van der Waals surface area contributed by atoms with Crippen molar-refractivity contribution in [3.63, 3.8) is 0 Å². The molecule has 0 radical (unpaired) electrons. The van der Waals surface area contributed by atoms with E-state index in [1.807, 2.05) is 27.7 Å². The van der Waals surface area contributed by atoms with E-state index < -0.39 is 20.0 Å². The van der Waals surface area contributed by atoms with Gasteiger partial charge in [-0.25, -0.2) is 0 Å². The van der Waals surface area contributed by atoms with Gasteiger partial charge in [0.05, 0.1) is 21.2 Å². The minimum atomic E-state index is -3.89. The van der Waals surface area contributed by atoms with Gasteiger partial charge in [-0.15, -0.1) is 0 Å². The Morgan fingerprint density at radius 2 is 0.820 bits per heavy atom. The Bertz CT molecular complexity index is 1890. The molecule has 12 heteroatoms. The molecule has 0 bridgehead atoms. The number of hydrogen-bond acceptors (Lipinski definition) is 8. The standard InChI is InChI=1S/C38H46N4O6S2/c1-27-13-19-31(20-14-27)49(45,46)41-39-35(33-25-29(3)17-23-37(33)43)11-9-7-5-6-8-10-12-36(34-26-30(4)18-24-38(34)44)40-42-50(47,48)32-21-15-28(2)16-22-32/h13-26,41-44H,5-12H2,1-4H3/b39-35+,40-36+. The lowest BCUT2D eigenvalue weighted by Crippen LogP contribution is -2.21. The van der Waals surface area contributed by atoms with E-state index in [4.69, 9.17) is 0 Å². The first kappa shape index (κ1) is 38.1. The molecule has 0 aliphatic carbocycles. The molecule has 0 aromatic heterocycles. The van der Waals surface area contributed by atoms with E-state index in [1.165, 1.54) is 24.3 Å². The highest BCUT2D eigenvalue weighted by atomic mass is 32.2. The molecule has 10 nitrogen and oxygen atoms in total. The lowest BCUT2D eigenvalue weighted by atomic mass is 9.99. The topological polar surface area (TPSA) is 158 Å². The lowest BCUT2D eigenvalue weighted by Gasteiger charge is -2.12. The van der Waals surface area contributed by atoms with E-state index in [0.29, 0.717) is 35.4 Å². The molecule has 0 heterocycles. The molecule has 4 rings (SSSR count). The van der Waals surface area contributed by atoms with Crippen LogP contribution in [0.4, 0.5) is 0 Å². The van der Waals surface area contributed by atoms with Crippen LogP contribution in [0.15, 0.2) is 105 Å². The second kappa shape index (κ2) is 17.3. The summed E-state index contributed by atoms with van der Waals surface area (Å²) >= 11 is 0. The molecule has 0 unspecified atom stereocenters. The third-order valence-electron chi connectivity index (χ3n) is 8.27. The zero-order valence-electron chi connectivity index (χ0n) is 29.0. The van der Waals surface area contributed by atoms with Crippen LogP contribution in [0.5, 0.6) is 11.5 Å². The summed E-state index contributed by atoms with van der Waals surface area (Å²) in [5, 5.41) is 29.7. The minimum absolute atomic E-state index is 0.0298. The van der Waals surface area contributed by atoms with Crippen molar-refractivity contribution < 1.29 is 27.0 Å². The highest BCUT2D eigenvalue weighted by molar-refractivity contribution is 7.89. The van der Waals surface area contributed by atoms with Crippen LogP contribution in [0.1, 0.15) is 84.7 Å². The molecule has 4 aromatic rings. The third kappa shape index (κ3) is 10.9. The Hall–Kier alpha value is -4.68. The Morgan fingerprint density at radius 3 is 1.18 bits per heavy atom. The van der Waals surface area contributed by atoms with Crippen molar-refractivity contribution in [3.05, 3.63) is 118 Å². The highest BCUT2D eigenvalue weighted by Crippen LogP contribution is 2.24. The van der Waals surface area contributed by atoms with Gasteiger partial charge in [-0.3, -0.25) is 0 Å². The van der Waals surface area contributed by atoms with Gasteiger partial charge in [0, 0.05) is 11.1 Å². The molecule has 0 saturated carbocycles. The van der Waals surface area contributed by atoms with Crippen LogP contribution in [0.3, 0.4) is 0 Å². The number of sulfonamides is 2. The maximum atomic E-state index is 12.9. The summed E-state index contributed by atoms with van der Waals surface area (Å²) in [6, 6.07) is 23.3. The molecule has 4 aromatic carbocycles. The molecule has 0 spiro atoms. The van der Waals surface area contributed by atoms with E-state index in [0.717, 1.165) is 60.8 Å². The van der Waals surface area contributed by atoms with E-state index in [-0.39, 0.29) is 21.3 Å². The van der Waals surface area contributed by atoms with Crippen LogP contribution in [0.2, 0.25) is 0 Å². The number of phenolic OH excluding ortho intramolecular Hbond substituents is 2. The van der Waals surface area contributed by atoms with E-state index in [9.17, 15) is 27.0 Å². The van der Waals surface area contributed by atoms with Crippen molar-refractivity contribution in [2.75, 3.05) is 0 Å². The van der Waals surface area contributed by atoms with Gasteiger partial charge >= 0.3 is 0 Å². The zero-order valence-corrected chi connectivity index (χ0v) is 30.6. The molecule has 0 amide bonds. The fraction of sp³-hybridized carbons (Fsp3) is 0.316. The van der Waals surface area contributed by atoms with Gasteiger partial charge in [-0.05, 0) is 102 Å². The van der Waals surface area contributed by atoms with Gasteiger partial charge in [0.2, 0.25) is 0 Å². The molecular weight excluding hydrogens is 673 g/mol. The Labute approximate surface area is 296 Å². The monoisotopic (exact) mass is 718 g/mol. The average Bonchev–Trinajstić information content (AvgIpc) is 3.08. The average molecular weight is 719 g/mol. The molecule has 266 valence electrons. The smallest absolute Gasteiger partial charge is 0.276 e. The minimum Gasteiger partial charge on any atom is -0.507 e. The first-order valence-corrected chi connectivity index (χ1v) is 19.6. The number of phenols is 2. The number of hydrazone groups is 2. The summed E-state index contributed by atoms with van der Waals surface area (Å²) in [5.41, 5.74) is 5.59. The maximum absolute atomic E-state index is 12.9. The first-order chi connectivity index (χ1) is 23.7. The fourth-order valence-electron chi connectivity index (χ4n) is 5.33. The molecule has 0 saturated heterocycles. The van der Waals surface area contributed by atoms with Crippen LogP contribution in [-0.4, -0.2) is 38.5 Å². The molecule has 4 N–H and O–H groups in total. The second-order valence-electron chi connectivity index (χ2n) is 12.6. The lowest BCUT2D eigenvalue weighted by molar-refractivity contribution is 0.473. The Balaban J connectivity index is 1.35. The number of nitrogens with one attached hydrogen (secondary N) is 2. The largest absolute Gasteiger partial charge is 0.507 e. The number of rotatable bonds is 17. The summed E-state index contributed by atoms with van der Waals surface area (Å²) in [7, 11) is -7.78. The molecule has 0 aliphatic rings. The number of benzene rings is 4. The van der Waals surface area contributed by atoms with Gasteiger partial charge in [0.25, 0.3) is 20.0 Å². The van der Waals surface area contributed by atoms with Gasteiger partial charge in [0.15, 0.2) is 0 Å². The van der Waals surface area contributed by atoms with Crippen molar-refractivity contribution in [1.29, 1.82) is 0 Å². The quantitative estimate of drug-likeness (QED) is 0.0503. The number of aromatic hydroxyl groups is 2. The predicted octanol–water partition coefficient (Wildman–Crippen LogP) is 7.52. The van der Waals surface area contributed by atoms with Crippen molar-refractivity contribution >= 4 is 31.5 Å². The van der Waals surface area contributed by atoms with Crippen molar-refractivity contribution in [2.24, 2.45) is 10.2 Å². The molecular formula is C38H46N4O6S2. The van der Waals surface area contributed by atoms with Crippen LogP contribution >= 0.6 is 0 Å². The molecule has 0 fully saturated rings. The van der Waals surface area contributed by atoms with Crippen molar-refractivity contribution in [2.45, 2.75) is 88.9 Å². The normalized spacial score (nSPS) is 12.6. The van der Waals surface area contributed by atoms with Gasteiger partial charge in [-0.1, -0.05) is 84.3 Å². The SMILES string of the molecule is Cc1ccc(S(=O)(=O)N/N=C(\CCCCCCCC/C(=N\NS(=O)(=O)c2ccc(C)cc2)c2cc(C)ccc2O)c2cc(C)ccc2O)cc1. The van der Waals surface area contributed by atoms with E-state index in [1.54, 1.807) is 60.7 Å². The number of hydrogen-bond donors (Lipinski definition) is 4. The Kier molecular flexibility index (Phi) is 13.2. The van der Waals surface area contributed by atoms with Crippen LogP contribution in [0, 0.1) is 27.7 Å². The molecule has 0 aliphatic heterocycles. The summed E-state index contributed by atoms with van der Waals surface area (Å²) in [6.45, 7) is 7.55. The third-order valence-corrected chi connectivity index (χ3v) is 10.7. The summed E-state index contributed by atoms with van der Waals surface area (Å²) in [5.74, 6) is 0.0595. The molecule has 50 heavy (non-hydrogen) atoms. The van der Waals surface area contributed by atoms with Crippen LogP contribution < -0.4 is 9.66 Å². The first-order valence-electron chi connectivity index (χ1n) is 16.7. The van der Waals surface area contributed by atoms with Crippen molar-refractivity contribution in [3.8, 4) is 11.5 Å². The maximum Gasteiger partial charge on any atom is 0.276 e. The second-order valence-corrected chi connectivity index (χ2v) is 15.9. The summed E-state index contributed by atoms with van der Waals surface area (Å²) in [6.07, 6.45) is 5.88. The zero-order chi connectivity index (χ0) is 36.3. The van der Waals surface area contributed by atoms with Gasteiger partial charge in [-0.2, -0.15) is 36.7 Å². The summed E-state index contributed by atoms with van der Waals surface area (Å²) in [4.78, 5) is 4.91.